The molecule has 4 aromatic carbocycles. The van der Waals surface area contributed by atoms with Gasteiger partial charge in [0.25, 0.3) is 5.91 Å². The fourth-order valence-electron chi connectivity index (χ4n) is 3.50. The van der Waals surface area contributed by atoms with Crippen LogP contribution < -0.4 is 19.6 Å². The summed E-state index contributed by atoms with van der Waals surface area (Å²) in [5.74, 6) is 0.386. The zero-order chi connectivity index (χ0) is 25.5. The molecular formula is C29H26N2O5. The lowest BCUT2D eigenvalue weighted by molar-refractivity contribution is -0.127. The van der Waals surface area contributed by atoms with Crippen molar-refractivity contribution >= 4 is 28.9 Å². The minimum atomic E-state index is -0.758. The largest absolute Gasteiger partial charge is 0.493 e. The summed E-state index contributed by atoms with van der Waals surface area (Å²) in [6.07, 6.45) is 0.711. The quantitative estimate of drug-likeness (QED) is 0.160. The van der Waals surface area contributed by atoms with Crippen LogP contribution in [0.25, 0.3) is 10.8 Å². The molecule has 0 spiro atoms. The van der Waals surface area contributed by atoms with E-state index in [1.54, 1.807) is 37.3 Å². The van der Waals surface area contributed by atoms with Crippen LogP contribution >= 0.6 is 0 Å². The summed E-state index contributed by atoms with van der Waals surface area (Å²) in [6, 6.07) is 25.6. The van der Waals surface area contributed by atoms with E-state index in [9.17, 15) is 9.59 Å². The standard InChI is InChI=1S/C29H26N2O5/c1-19-11-14-23(15-12-19)29(33)36-26-16-13-21(17-27(26)34-3)18-30-31-28(32)20(2)35-25-10-6-8-22-7-4-5-9-24(22)25/h4-18,20H,1-3H3,(H,31,32)/b30-18+. The molecule has 0 bridgehead atoms. The van der Waals surface area contributed by atoms with Crippen LogP contribution in [-0.4, -0.2) is 31.3 Å². The highest BCUT2D eigenvalue weighted by molar-refractivity contribution is 5.92. The second kappa shape index (κ2) is 11.2. The fraction of sp³-hybridized carbons (Fsp3) is 0.138. The number of fused-ring (bicyclic) bond motifs is 1. The zero-order valence-corrected chi connectivity index (χ0v) is 20.2. The van der Waals surface area contributed by atoms with E-state index >= 15 is 0 Å². The minimum Gasteiger partial charge on any atom is -0.493 e. The topological polar surface area (TPSA) is 86.2 Å². The average Bonchev–Trinajstić information content (AvgIpc) is 2.89. The van der Waals surface area contributed by atoms with Gasteiger partial charge >= 0.3 is 5.97 Å². The summed E-state index contributed by atoms with van der Waals surface area (Å²) < 4.78 is 16.7. The number of hydrazone groups is 1. The molecule has 0 heterocycles. The zero-order valence-electron chi connectivity index (χ0n) is 20.2. The number of ether oxygens (including phenoxy) is 3. The summed E-state index contributed by atoms with van der Waals surface area (Å²) in [6.45, 7) is 3.60. The van der Waals surface area contributed by atoms with Gasteiger partial charge in [0.05, 0.1) is 18.9 Å². The molecule has 36 heavy (non-hydrogen) atoms. The Morgan fingerprint density at radius 1 is 0.889 bits per heavy atom. The van der Waals surface area contributed by atoms with Gasteiger partial charge in [0.2, 0.25) is 0 Å². The van der Waals surface area contributed by atoms with Gasteiger partial charge in [-0.25, -0.2) is 10.2 Å². The second-order valence-corrected chi connectivity index (χ2v) is 8.14. The Bertz CT molecular complexity index is 1410. The summed E-state index contributed by atoms with van der Waals surface area (Å²) in [4.78, 5) is 24.9. The van der Waals surface area contributed by atoms with Gasteiger partial charge in [0, 0.05) is 5.39 Å². The molecule has 0 saturated carbocycles. The van der Waals surface area contributed by atoms with Gasteiger partial charge in [-0.1, -0.05) is 54.1 Å². The Morgan fingerprint density at radius 3 is 2.42 bits per heavy atom. The number of benzene rings is 4. The van der Waals surface area contributed by atoms with Gasteiger partial charge < -0.3 is 14.2 Å². The molecule has 7 nitrogen and oxygen atoms in total. The summed E-state index contributed by atoms with van der Waals surface area (Å²) in [5, 5.41) is 5.98. The summed E-state index contributed by atoms with van der Waals surface area (Å²) >= 11 is 0. The molecule has 1 amide bonds. The molecule has 0 radical (unpaired) electrons. The predicted octanol–water partition coefficient (Wildman–Crippen LogP) is 5.29. The molecule has 0 saturated heterocycles. The number of hydrogen-bond donors (Lipinski definition) is 1. The number of amides is 1. The number of esters is 1. The van der Waals surface area contributed by atoms with Crippen LogP contribution in [0.5, 0.6) is 17.2 Å². The van der Waals surface area contributed by atoms with Gasteiger partial charge in [-0.05, 0) is 61.2 Å². The van der Waals surface area contributed by atoms with Crippen molar-refractivity contribution < 1.29 is 23.8 Å². The SMILES string of the molecule is COc1cc(/C=N/NC(=O)C(C)Oc2cccc3ccccc23)ccc1OC(=O)c1ccc(C)cc1. The van der Waals surface area contributed by atoms with E-state index in [0.29, 0.717) is 22.6 Å². The molecule has 0 aliphatic carbocycles. The number of hydrogen-bond acceptors (Lipinski definition) is 6. The first kappa shape index (κ1) is 24.5. The number of aryl methyl sites for hydroxylation is 1. The van der Waals surface area contributed by atoms with E-state index < -0.39 is 18.0 Å². The number of methoxy groups -OCH3 is 1. The van der Waals surface area contributed by atoms with Crippen LogP contribution in [0, 0.1) is 6.92 Å². The van der Waals surface area contributed by atoms with Gasteiger partial charge in [-0.15, -0.1) is 0 Å². The lowest BCUT2D eigenvalue weighted by Gasteiger charge is -2.14. The van der Waals surface area contributed by atoms with E-state index in [-0.39, 0.29) is 5.75 Å². The van der Waals surface area contributed by atoms with Crippen LogP contribution in [0.4, 0.5) is 0 Å². The van der Waals surface area contributed by atoms with Crippen molar-refractivity contribution in [3.63, 3.8) is 0 Å². The first-order valence-electron chi connectivity index (χ1n) is 11.4. The third-order valence-corrected chi connectivity index (χ3v) is 5.49. The monoisotopic (exact) mass is 482 g/mol. The number of carbonyl (C=O) groups is 2. The maximum atomic E-state index is 12.5. The third kappa shape index (κ3) is 5.88. The minimum absolute atomic E-state index is 0.279. The Kier molecular flexibility index (Phi) is 7.60. The van der Waals surface area contributed by atoms with Crippen molar-refractivity contribution in [1.29, 1.82) is 0 Å². The third-order valence-electron chi connectivity index (χ3n) is 5.49. The highest BCUT2D eigenvalue weighted by atomic mass is 16.6. The van der Waals surface area contributed by atoms with E-state index in [4.69, 9.17) is 14.2 Å². The number of rotatable bonds is 8. The van der Waals surface area contributed by atoms with Crippen molar-refractivity contribution in [1.82, 2.24) is 5.43 Å². The lowest BCUT2D eigenvalue weighted by atomic mass is 10.1. The van der Waals surface area contributed by atoms with Crippen LogP contribution in [0.3, 0.4) is 0 Å². The Morgan fingerprint density at radius 2 is 1.64 bits per heavy atom. The highest BCUT2D eigenvalue weighted by Gasteiger charge is 2.16. The first-order valence-corrected chi connectivity index (χ1v) is 11.4. The Labute approximate surface area is 209 Å². The smallest absolute Gasteiger partial charge is 0.343 e. The Hall–Kier alpha value is -4.65. The van der Waals surface area contributed by atoms with Crippen molar-refractivity contribution in [3.8, 4) is 17.2 Å². The molecule has 4 rings (SSSR count). The van der Waals surface area contributed by atoms with Gasteiger partial charge in [-0.2, -0.15) is 5.10 Å². The van der Waals surface area contributed by atoms with E-state index in [1.807, 2.05) is 61.5 Å². The van der Waals surface area contributed by atoms with Crippen molar-refractivity contribution in [2.24, 2.45) is 5.10 Å². The fourth-order valence-corrected chi connectivity index (χ4v) is 3.50. The molecular weight excluding hydrogens is 456 g/mol. The van der Waals surface area contributed by atoms with Crippen molar-refractivity contribution in [2.75, 3.05) is 7.11 Å². The van der Waals surface area contributed by atoms with Crippen molar-refractivity contribution in [2.45, 2.75) is 20.0 Å². The summed E-state index contributed by atoms with van der Waals surface area (Å²) in [5.41, 5.74) is 4.62. The maximum absolute atomic E-state index is 12.5. The second-order valence-electron chi connectivity index (χ2n) is 8.14. The van der Waals surface area contributed by atoms with Gasteiger partial charge in [-0.3, -0.25) is 4.79 Å². The van der Waals surface area contributed by atoms with E-state index in [2.05, 4.69) is 10.5 Å². The molecule has 0 aromatic heterocycles. The number of carbonyl (C=O) groups excluding carboxylic acids is 2. The lowest BCUT2D eigenvalue weighted by Crippen LogP contribution is -2.33. The summed E-state index contributed by atoms with van der Waals surface area (Å²) in [7, 11) is 1.48. The molecule has 4 aromatic rings. The van der Waals surface area contributed by atoms with E-state index in [0.717, 1.165) is 16.3 Å². The van der Waals surface area contributed by atoms with E-state index in [1.165, 1.54) is 13.3 Å². The predicted molar refractivity (Wildman–Crippen MR) is 139 cm³/mol. The highest BCUT2D eigenvalue weighted by Crippen LogP contribution is 2.29. The first-order chi connectivity index (χ1) is 17.4. The maximum Gasteiger partial charge on any atom is 0.343 e. The Balaban J connectivity index is 1.37. The molecule has 182 valence electrons. The number of nitrogens with zero attached hydrogens (tertiary/aromatic N) is 1. The average molecular weight is 483 g/mol. The molecule has 7 heteroatoms. The van der Waals surface area contributed by atoms with Crippen LogP contribution in [0.1, 0.15) is 28.4 Å². The molecule has 0 fully saturated rings. The molecule has 0 aliphatic rings. The molecule has 1 N–H and O–H groups in total. The van der Waals surface area contributed by atoms with Gasteiger partial charge in [0.15, 0.2) is 17.6 Å². The van der Waals surface area contributed by atoms with Gasteiger partial charge in [0.1, 0.15) is 5.75 Å². The molecule has 1 atom stereocenters. The van der Waals surface area contributed by atoms with Crippen LogP contribution in [0.15, 0.2) is 90.0 Å². The normalized spacial score (nSPS) is 11.8. The van der Waals surface area contributed by atoms with Crippen LogP contribution in [-0.2, 0) is 4.79 Å². The van der Waals surface area contributed by atoms with Crippen molar-refractivity contribution in [3.05, 3.63) is 102 Å². The van der Waals surface area contributed by atoms with Crippen LogP contribution in [0.2, 0.25) is 0 Å². The molecule has 0 aliphatic heterocycles. The molecule has 1 unspecified atom stereocenters. The number of nitrogens with one attached hydrogen (secondary N) is 1.